The van der Waals surface area contributed by atoms with Gasteiger partial charge in [0.05, 0.1) is 5.92 Å². The molecule has 1 aliphatic rings. The number of carbonyl (C=O) groups excluding carboxylic acids is 2. The predicted octanol–water partition coefficient (Wildman–Crippen LogP) is 3.90. The average Bonchev–Trinajstić information content (AvgIpc) is 2.65. The predicted molar refractivity (Wildman–Crippen MR) is 71.9 cm³/mol. The third-order valence-electron chi connectivity index (χ3n) is 3.95. The van der Waals surface area contributed by atoms with Gasteiger partial charge < -0.3 is 0 Å². The van der Waals surface area contributed by atoms with Crippen molar-refractivity contribution in [1.29, 1.82) is 0 Å². The lowest BCUT2D eigenvalue weighted by molar-refractivity contribution is 0.0773. The Bertz CT molecular complexity index is 427. The fourth-order valence-corrected chi connectivity index (χ4v) is 2.87. The molecular formula is C16H20O2. The van der Waals surface area contributed by atoms with Crippen molar-refractivity contribution in [3.05, 3.63) is 35.4 Å². The molecule has 1 aromatic carbocycles. The minimum Gasteiger partial charge on any atom is -0.293 e. The molecule has 96 valence electrons. The van der Waals surface area contributed by atoms with Crippen LogP contribution in [-0.2, 0) is 0 Å². The van der Waals surface area contributed by atoms with Gasteiger partial charge in [-0.05, 0) is 12.3 Å². The molecule has 2 heteroatoms. The summed E-state index contributed by atoms with van der Waals surface area (Å²) in [6.07, 6.45) is 4.07. The number of Topliss-reactive ketones (excluding diaryl/α,β-unsaturated/α-hetero) is 2. The Morgan fingerprint density at radius 3 is 2.06 bits per heavy atom. The standard InChI is InChI=1S/C16H20O2/c1-3-5-8-11(4-2)14-15(17)12-9-6-7-10-13(12)16(14)18/h6-7,9-11,14H,3-5,8H2,1-2H3. The molecule has 2 nitrogen and oxygen atoms in total. The van der Waals surface area contributed by atoms with E-state index in [9.17, 15) is 9.59 Å². The number of rotatable bonds is 5. The summed E-state index contributed by atoms with van der Waals surface area (Å²) in [7, 11) is 0. The molecule has 1 aromatic rings. The van der Waals surface area contributed by atoms with E-state index < -0.39 is 5.92 Å². The number of fused-ring (bicyclic) bond motifs is 1. The van der Waals surface area contributed by atoms with Gasteiger partial charge in [-0.2, -0.15) is 0 Å². The maximum Gasteiger partial charge on any atom is 0.174 e. The van der Waals surface area contributed by atoms with E-state index in [1.165, 1.54) is 0 Å². The van der Waals surface area contributed by atoms with Crippen molar-refractivity contribution in [3.63, 3.8) is 0 Å². The van der Waals surface area contributed by atoms with Gasteiger partial charge in [0.2, 0.25) is 0 Å². The van der Waals surface area contributed by atoms with Crippen molar-refractivity contribution < 1.29 is 9.59 Å². The molecule has 0 heterocycles. The average molecular weight is 244 g/mol. The van der Waals surface area contributed by atoms with Crippen LogP contribution in [0.1, 0.15) is 60.2 Å². The largest absolute Gasteiger partial charge is 0.293 e. The normalized spacial score (nSPS) is 17.0. The maximum absolute atomic E-state index is 12.3. The molecule has 0 aliphatic heterocycles. The second-order valence-corrected chi connectivity index (χ2v) is 5.06. The minimum atomic E-state index is -0.418. The molecule has 0 radical (unpaired) electrons. The Hall–Kier alpha value is -1.44. The summed E-state index contributed by atoms with van der Waals surface area (Å²) in [5, 5.41) is 0. The van der Waals surface area contributed by atoms with E-state index >= 15 is 0 Å². The molecule has 1 aliphatic carbocycles. The SMILES string of the molecule is CCCCC(CC)C1C(=O)c2ccccc2C1=O. The molecular weight excluding hydrogens is 224 g/mol. The maximum atomic E-state index is 12.3. The summed E-state index contributed by atoms with van der Waals surface area (Å²) >= 11 is 0. The fourth-order valence-electron chi connectivity index (χ4n) is 2.87. The van der Waals surface area contributed by atoms with Crippen molar-refractivity contribution in [2.45, 2.75) is 39.5 Å². The molecule has 18 heavy (non-hydrogen) atoms. The van der Waals surface area contributed by atoms with Gasteiger partial charge in [0.1, 0.15) is 0 Å². The molecule has 0 bridgehead atoms. The molecule has 2 rings (SSSR count). The second kappa shape index (κ2) is 5.47. The molecule has 0 fully saturated rings. The van der Waals surface area contributed by atoms with Gasteiger partial charge in [0.15, 0.2) is 11.6 Å². The zero-order chi connectivity index (χ0) is 13.1. The number of hydrogen-bond donors (Lipinski definition) is 0. The van der Waals surface area contributed by atoms with Gasteiger partial charge in [-0.3, -0.25) is 9.59 Å². The van der Waals surface area contributed by atoms with Gasteiger partial charge in [-0.1, -0.05) is 57.4 Å². The lowest BCUT2D eigenvalue weighted by atomic mass is 9.83. The summed E-state index contributed by atoms with van der Waals surface area (Å²) < 4.78 is 0. The Balaban J connectivity index is 2.26. The first-order chi connectivity index (χ1) is 8.70. The van der Waals surface area contributed by atoms with Gasteiger partial charge in [0, 0.05) is 11.1 Å². The Morgan fingerprint density at radius 1 is 1.06 bits per heavy atom. The van der Waals surface area contributed by atoms with Crippen LogP contribution in [0.5, 0.6) is 0 Å². The second-order valence-electron chi connectivity index (χ2n) is 5.06. The number of unbranched alkanes of at least 4 members (excludes halogenated alkanes) is 1. The molecule has 0 amide bonds. The number of hydrogen-bond acceptors (Lipinski definition) is 2. The third-order valence-corrected chi connectivity index (χ3v) is 3.95. The van der Waals surface area contributed by atoms with Crippen LogP contribution >= 0.6 is 0 Å². The summed E-state index contributed by atoms with van der Waals surface area (Å²) in [6, 6.07) is 7.23. The highest BCUT2D eigenvalue weighted by Gasteiger charge is 2.41. The highest BCUT2D eigenvalue weighted by Crippen LogP contribution is 2.35. The highest BCUT2D eigenvalue weighted by atomic mass is 16.2. The lowest BCUT2D eigenvalue weighted by Crippen LogP contribution is -2.25. The van der Waals surface area contributed by atoms with Crippen molar-refractivity contribution in [2.75, 3.05) is 0 Å². The fraction of sp³-hybridized carbons (Fsp3) is 0.500. The van der Waals surface area contributed by atoms with Crippen LogP contribution in [0.3, 0.4) is 0 Å². The summed E-state index contributed by atoms with van der Waals surface area (Å²) in [6.45, 7) is 4.21. The number of carbonyl (C=O) groups is 2. The number of benzene rings is 1. The Kier molecular flexibility index (Phi) is 3.95. The van der Waals surface area contributed by atoms with E-state index in [0.717, 1.165) is 25.7 Å². The summed E-state index contributed by atoms with van der Waals surface area (Å²) in [5.41, 5.74) is 1.25. The molecule has 0 saturated heterocycles. The van der Waals surface area contributed by atoms with Crippen molar-refractivity contribution in [3.8, 4) is 0 Å². The van der Waals surface area contributed by atoms with Gasteiger partial charge in [-0.25, -0.2) is 0 Å². The molecule has 0 saturated carbocycles. The summed E-state index contributed by atoms with van der Waals surface area (Å²) in [5.74, 6) is -0.131. The van der Waals surface area contributed by atoms with Crippen LogP contribution in [0.25, 0.3) is 0 Å². The molecule has 1 atom stereocenters. The van der Waals surface area contributed by atoms with E-state index in [4.69, 9.17) is 0 Å². The first-order valence-electron chi connectivity index (χ1n) is 6.88. The van der Waals surface area contributed by atoms with E-state index in [2.05, 4.69) is 13.8 Å². The van der Waals surface area contributed by atoms with Gasteiger partial charge in [-0.15, -0.1) is 0 Å². The van der Waals surface area contributed by atoms with Crippen LogP contribution in [0.15, 0.2) is 24.3 Å². The lowest BCUT2D eigenvalue weighted by Gasteiger charge is -2.19. The molecule has 1 unspecified atom stereocenters. The van der Waals surface area contributed by atoms with E-state index in [1.807, 2.05) is 12.1 Å². The van der Waals surface area contributed by atoms with E-state index in [1.54, 1.807) is 12.1 Å². The Morgan fingerprint density at radius 2 is 1.61 bits per heavy atom. The molecule has 0 aromatic heterocycles. The van der Waals surface area contributed by atoms with Crippen molar-refractivity contribution in [1.82, 2.24) is 0 Å². The van der Waals surface area contributed by atoms with Crippen molar-refractivity contribution >= 4 is 11.6 Å². The van der Waals surface area contributed by atoms with Crippen LogP contribution in [0.2, 0.25) is 0 Å². The zero-order valence-electron chi connectivity index (χ0n) is 11.1. The monoisotopic (exact) mass is 244 g/mol. The first kappa shape index (κ1) is 13.0. The van der Waals surface area contributed by atoms with E-state index in [-0.39, 0.29) is 17.5 Å². The van der Waals surface area contributed by atoms with Crippen LogP contribution < -0.4 is 0 Å². The highest BCUT2D eigenvalue weighted by molar-refractivity contribution is 6.26. The van der Waals surface area contributed by atoms with Crippen LogP contribution in [0.4, 0.5) is 0 Å². The molecule has 0 N–H and O–H groups in total. The van der Waals surface area contributed by atoms with E-state index in [0.29, 0.717) is 11.1 Å². The van der Waals surface area contributed by atoms with Crippen LogP contribution in [-0.4, -0.2) is 11.6 Å². The minimum absolute atomic E-state index is 0.0403. The van der Waals surface area contributed by atoms with Gasteiger partial charge >= 0.3 is 0 Å². The third kappa shape index (κ3) is 2.12. The summed E-state index contributed by atoms with van der Waals surface area (Å²) in [4.78, 5) is 24.7. The Labute approximate surface area is 108 Å². The van der Waals surface area contributed by atoms with Crippen molar-refractivity contribution in [2.24, 2.45) is 11.8 Å². The number of ketones is 2. The molecule has 0 spiro atoms. The quantitative estimate of drug-likeness (QED) is 0.736. The van der Waals surface area contributed by atoms with Gasteiger partial charge in [0.25, 0.3) is 0 Å². The first-order valence-corrected chi connectivity index (χ1v) is 6.88. The smallest absolute Gasteiger partial charge is 0.174 e. The van der Waals surface area contributed by atoms with Crippen LogP contribution in [0, 0.1) is 11.8 Å². The topological polar surface area (TPSA) is 34.1 Å². The zero-order valence-corrected chi connectivity index (χ0v) is 11.1.